The molecule has 0 fully saturated rings. The van der Waals surface area contributed by atoms with Gasteiger partial charge in [0.15, 0.2) is 0 Å². The SMILES string of the molecule is Cc1ccc(CC(=O)NCCC(C)C(=O)O)cc1C. The van der Waals surface area contributed by atoms with Gasteiger partial charge in [-0.2, -0.15) is 0 Å². The molecule has 0 radical (unpaired) electrons. The highest BCUT2D eigenvalue weighted by molar-refractivity contribution is 5.78. The molecule has 2 N–H and O–H groups in total. The molecular weight excluding hydrogens is 242 g/mol. The van der Waals surface area contributed by atoms with Crippen LogP contribution in [0.1, 0.15) is 30.0 Å². The summed E-state index contributed by atoms with van der Waals surface area (Å²) in [7, 11) is 0. The second kappa shape index (κ2) is 6.92. The molecule has 1 aromatic rings. The smallest absolute Gasteiger partial charge is 0.306 e. The highest BCUT2D eigenvalue weighted by atomic mass is 16.4. The van der Waals surface area contributed by atoms with Gasteiger partial charge >= 0.3 is 5.97 Å². The summed E-state index contributed by atoms with van der Waals surface area (Å²) < 4.78 is 0. The molecule has 19 heavy (non-hydrogen) atoms. The zero-order valence-corrected chi connectivity index (χ0v) is 11.7. The van der Waals surface area contributed by atoms with Gasteiger partial charge in [-0.1, -0.05) is 25.1 Å². The highest BCUT2D eigenvalue weighted by Gasteiger charge is 2.11. The minimum atomic E-state index is -0.830. The van der Waals surface area contributed by atoms with Crippen molar-refractivity contribution in [3.63, 3.8) is 0 Å². The molecule has 0 aliphatic carbocycles. The Morgan fingerprint density at radius 1 is 1.26 bits per heavy atom. The van der Waals surface area contributed by atoms with Crippen molar-refractivity contribution in [2.45, 2.75) is 33.6 Å². The Bertz CT molecular complexity index is 468. The standard InChI is InChI=1S/C15H21NO3/c1-10-4-5-13(8-12(10)3)9-14(17)16-7-6-11(2)15(18)19/h4-5,8,11H,6-7,9H2,1-3H3,(H,16,17)(H,18,19). The van der Waals surface area contributed by atoms with Crippen LogP contribution in [-0.2, 0) is 16.0 Å². The van der Waals surface area contributed by atoms with Crippen molar-refractivity contribution < 1.29 is 14.7 Å². The molecule has 0 bridgehead atoms. The molecule has 4 heteroatoms. The van der Waals surface area contributed by atoms with Crippen LogP contribution in [0.4, 0.5) is 0 Å². The molecule has 1 unspecified atom stereocenters. The maximum Gasteiger partial charge on any atom is 0.306 e. The van der Waals surface area contributed by atoms with Crippen LogP contribution in [0.25, 0.3) is 0 Å². The average molecular weight is 263 g/mol. The maximum atomic E-state index is 11.7. The summed E-state index contributed by atoms with van der Waals surface area (Å²) in [4.78, 5) is 22.3. The average Bonchev–Trinajstić information content (AvgIpc) is 2.33. The van der Waals surface area contributed by atoms with Crippen molar-refractivity contribution in [1.29, 1.82) is 0 Å². The van der Waals surface area contributed by atoms with E-state index in [0.717, 1.165) is 5.56 Å². The van der Waals surface area contributed by atoms with Crippen molar-refractivity contribution >= 4 is 11.9 Å². The number of aryl methyl sites for hydroxylation is 2. The molecule has 4 nitrogen and oxygen atoms in total. The van der Waals surface area contributed by atoms with Crippen LogP contribution in [0.15, 0.2) is 18.2 Å². The Morgan fingerprint density at radius 3 is 2.53 bits per heavy atom. The number of carbonyl (C=O) groups is 2. The second-order valence-corrected chi connectivity index (χ2v) is 4.97. The zero-order valence-electron chi connectivity index (χ0n) is 11.7. The molecule has 0 heterocycles. The van der Waals surface area contributed by atoms with Gasteiger partial charge in [0.25, 0.3) is 0 Å². The van der Waals surface area contributed by atoms with Crippen molar-refractivity contribution in [2.75, 3.05) is 6.54 Å². The minimum Gasteiger partial charge on any atom is -0.481 e. The van der Waals surface area contributed by atoms with Crippen molar-refractivity contribution in [1.82, 2.24) is 5.32 Å². The maximum absolute atomic E-state index is 11.7. The molecule has 0 saturated carbocycles. The largest absolute Gasteiger partial charge is 0.481 e. The van der Waals surface area contributed by atoms with Crippen LogP contribution in [-0.4, -0.2) is 23.5 Å². The van der Waals surface area contributed by atoms with E-state index in [9.17, 15) is 9.59 Å². The molecule has 0 aliphatic heterocycles. The first kappa shape index (κ1) is 15.2. The molecule has 0 spiro atoms. The fourth-order valence-corrected chi connectivity index (χ4v) is 1.71. The lowest BCUT2D eigenvalue weighted by molar-refractivity contribution is -0.141. The van der Waals surface area contributed by atoms with E-state index < -0.39 is 11.9 Å². The van der Waals surface area contributed by atoms with Gasteiger partial charge in [-0.05, 0) is 37.0 Å². The van der Waals surface area contributed by atoms with Gasteiger partial charge < -0.3 is 10.4 Å². The lowest BCUT2D eigenvalue weighted by atomic mass is 10.0. The first-order valence-electron chi connectivity index (χ1n) is 6.45. The van der Waals surface area contributed by atoms with E-state index in [4.69, 9.17) is 5.11 Å². The monoisotopic (exact) mass is 263 g/mol. The molecule has 104 valence electrons. The summed E-state index contributed by atoms with van der Waals surface area (Å²) in [6.45, 7) is 6.09. The summed E-state index contributed by atoms with van der Waals surface area (Å²) in [6.07, 6.45) is 0.788. The van der Waals surface area contributed by atoms with Crippen LogP contribution >= 0.6 is 0 Å². The van der Waals surface area contributed by atoms with Crippen LogP contribution < -0.4 is 5.32 Å². The van der Waals surface area contributed by atoms with Crippen LogP contribution in [0.5, 0.6) is 0 Å². The first-order chi connectivity index (χ1) is 8.90. The molecule has 1 atom stereocenters. The van der Waals surface area contributed by atoms with Gasteiger partial charge in [-0.3, -0.25) is 9.59 Å². The topological polar surface area (TPSA) is 66.4 Å². The molecule has 1 amide bonds. The molecular formula is C15H21NO3. The van der Waals surface area contributed by atoms with E-state index >= 15 is 0 Å². The van der Waals surface area contributed by atoms with E-state index in [2.05, 4.69) is 5.32 Å². The molecule has 0 aliphatic rings. The van der Waals surface area contributed by atoms with Gasteiger partial charge in [0.1, 0.15) is 0 Å². The van der Waals surface area contributed by atoms with E-state index in [1.54, 1.807) is 6.92 Å². The molecule has 0 aromatic heterocycles. The van der Waals surface area contributed by atoms with E-state index in [1.807, 2.05) is 32.0 Å². The number of aliphatic carboxylic acids is 1. The summed E-state index contributed by atoms with van der Waals surface area (Å²) in [5.41, 5.74) is 3.36. The predicted molar refractivity (Wildman–Crippen MR) is 74.0 cm³/mol. The number of carbonyl (C=O) groups excluding carboxylic acids is 1. The van der Waals surface area contributed by atoms with Crippen molar-refractivity contribution in [3.05, 3.63) is 34.9 Å². The first-order valence-corrected chi connectivity index (χ1v) is 6.45. The number of hydrogen-bond donors (Lipinski definition) is 2. The Balaban J connectivity index is 2.39. The van der Waals surface area contributed by atoms with E-state index in [-0.39, 0.29) is 5.91 Å². The number of rotatable bonds is 6. The number of nitrogens with one attached hydrogen (secondary N) is 1. The molecule has 0 saturated heterocycles. The lowest BCUT2D eigenvalue weighted by Gasteiger charge is -2.09. The number of amides is 1. The van der Waals surface area contributed by atoms with Gasteiger partial charge in [0, 0.05) is 6.54 Å². The van der Waals surface area contributed by atoms with Gasteiger partial charge in [0.2, 0.25) is 5.91 Å². The van der Waals surface area contributed by atoms with Gasteiger partial charge in [-0.15, -0.1) is 0 Å². The highest BCUT2D eigenvalue weighted by Crippen LogP contribution is 2.10. The van der Waals surface area contributed by atoms with Gasteiger partial charge in [-0.25, -0.2) is 0 Å². The quantitative estimate of drug-likeness (QED) is 0.825. The summed E-state index contributed by atoms with van der Waals surface area (Å²) >= 11 is 0. The van der Waals surface area contributed by atoms with Crippen LogP contribution in [0.2, 0.25) is 0 Å². The summed E-state index contributed by atoms with van der Waals surface area (Å²) in [6, 6.07) is 5.96. The molecule has 1 rings (SSSR count). The fraction of sp³-hybridized carbons (Fsp3) is 0.467. The summed E-state index contributed by atoms with van der Waals surface area (Å²) in [5.74, 6) is -1.33. The zero-order chi connectivity index (χ0) is 14.4. The lowest BCUT2D eigenvalue weighted by Crippen LogP contribution is -2.28. The Kier molecular flexibility index (Phi) is 5.55. The van der Waals surface area contributed by atoms with Crippen LogP contribution in [0.3, 0.4) is 0 Å². The number of carboxylic acid groups (broad SMARTS) is 1. The molecule has 1 aromatic carbocycles. The van der Waals surface area contributed by atoms with E-state index in [0.29, 0.717) is 19.4 Å². The van der Waals surface area contributed by atoms with E-state index in [1.165, 1.54) is 11.1 Å². The second-order valence-electron chi connectivity index (χ2n) is 4.97. The van der Waals surface area contributed by atoms with Crippen molar-refractivity contribution in [2.24, 2.45) is 5.92 Å². The van der Waals surface area contributed by atoms with Crippen LogP contribution in [0, 0.1) is 19.8 Å². The number of hydrogen-bond acceptors (Lipinski definition) is 2. The Hall–Kier alpha value is -1.84. The Labute approximate surface area is 113 Å². The third kappa shape index (κ3) is 5.12. The number of carboxylic acids is 1. The van der Waals surface area contributed by atoms with Gasteiger partial charge in [0.05, 0.1) is 12.3 Å². The normalized spacial score (nSPS) is 11.9. The third-order valence-electron chi connectivity index (χ3n) is 3.26. The van der Waals surface area contributed by atoms with Crippen molar-refractivity contribution in [3.8, 4) is 0 Å². The number of benzene rings is 1. The summed E-state index contributed by atoms with van der Waals surface area (Å²) in [5, 5.41) is 11.5. The third-order valence-corrected chi connectivity index (χ3v) is 3.26. The minimum absolute atomic E-state index is 0.0687. The fourth-order valence-electron chi connectivity index (χ4n) is 1.71. The predicted octanol–water partition coefficient (Wildman–Crippen LogP) is 2.07. The Morgan fingerprint density at radius 2 is 1.95 bits per heavy atom.